The molecule has 1 saturated heterocycles. The number of thioether (sulfide) groups is 1. The van der Waals surface area contributed by atoms with Gasteiger partial charge in [0.1, 0.15) is 10.1 Å². The standard InChI is InChI=1S/C21H18N2O3S2/c24-19-13-26-17-9-8-15(12-18-20(25)22-21(27)28-18)11-16(17)23(19)10-4-7-14-5-2-1-3-6-14/h1-3,5-6,8-9,11-12H,4,7,10,13H2,(H,22,25,27)/b18-12+. The Balaban J connectivity index is 1.53. The van der Waals surface area contributed by atoms with E-state index in [1.54, 1.807) is 11.0 Å². The SMILES string of the molecule is O=C1NC(=S)S/C1=C/c1ccc2c(c1)N(CCCc1ccccc1)C(=O)CO2. The van der Waals surface area contributed by atoms with E-state index in [1.165, 1.54) is 17.3 Å². The average Bonchev–Trinajstić information content (AvgIpc) is 3.01. The molecular weight excluding hydrogens is 392 g/mol. The fourth-order valence-corrected chi connectivity index (χ4v) is 4.26. The van der Waals surface area contributed by atoms with Crippen LogP contribution in [-0.2, 0) is 16.0 Å². The molecule has 28 heavy (non-hydrogen) atoms. The van der Waals surface area contributed by atoms with E-state index in [0.29, 0.717) is 21.5 Å². The first kappa shape index (κ1) is 18.7. The van der Waals surface area contributed by atoms with Gasteiger partial charge in [-0.1, -0.05) is 60.4 Å². The number of nitrogens with zero attached hydrogens (tertiary/aromatic N) is 1. The predicted octanol–water partition coefficient (Wildman–Crippen LogP) is 3.53. The number of benzene rings is 2. The monoisotopic (exact) mass is 410 g/mol. The fraction of sp³-hybridized carbons (Fsp3) is 0.190. The van der Waals surface area contributed by atoms with Crippen LogP contribution in [0.3, 0.4) is 0 Å². The second kappa shape index (κ2) is 8.16. The molecule has 2 aromatic carbocycles. The highest BCUT2D eigenvalue weighted by atomic mass is 32.2. The van der Waals surface area contributed by atoms with Crippen molar-refractivity contribution in [1.29, 1.82) is 0 Å². The van der Waals surface area contributed by atoms with Crippen molar-refractivity contribution in [3.05, 3.63) is 64.6 Å². The van der Waals surface area contributed by atoms with Gasteiger partial charge in [-0.05, 0) is 42.2 Å². The van der Waals surface area contributed by atoms with Gasteiger partial charge in [0, 0.05) is 6.54 Å². The van der Waals surface area contributed by atoms with Crippen molar-refractivity contribution in [3.63, 3.8) is 0 Å². The molecule has 0 spiro atoms. The first-order valence-corrected chi connectivity index (χ1v) is 10.2. The molecule has 2 aromatic rings. The Morgan fingerprint density at radius 3 is 2.75 bits per heavy atom. The quantitative estimate of drug-likeness (QED) is 0.604. The summed E-state index contributed by atoms with van der Waals surface area (Å²) in [5, 5.41) is 2.61. The van der Waals surface area contributed by atoms with Crippen molar-refractivity contribution in [3.8, 4) is 5.75 Å². The largest absolute Gasteiger partial charge is 0.482 e. The molecular formula is C21H18N2O3S2. The maximum atomic E-state index is 12.5. The topological polar surface area (TPSA) is 58.6 Å². The average molecular weight is 411 g/mol. The lowest BCUT2D eigenvalue weighted by Gasteiger charge is -2.29. The summed E-state index contributed by atoms with van der Waals surface area (Å²) in [5.41, 5.74) is 2.82. The summed E-state index contributed by atoms with van der Waals surface area (Å²) in [6, 6.07) is 15.8. The zero-order valence-electron chi connectivity index (χ0n) is 15.0. The summed E-state index contributed by atoms with van der Waals surface area (Å²) in [7, 11) is 0. The third kappa shape index (κ3) is 4.10. The van der Waals surface area contributed by atoms with Gasteiger partial charge in [0.05, 0.1) is 10.6 Å². The molecule has 0 aromatic heterocycles. The third-order valence-electron chi connectivity index (χ3n) is 4.56. The van der Waals surface area contributed by atoms with Crippen molar-refractivity contribution in [1.82, 2.24) is 5.32 Å². The second-order valence-corrected chi connectivity index (χ2v) is 8.22. The van der Waals surface area contributed by atoms with E-state index in [-0.39, 0.29) is 18.4 Å². The number of fused-ring (bicyclic) bond motifs is 1. The van der Waals surface area contributed by atoms with Gasteiger partial charge in [0.15, 0.2) is 6.61 Å². The van der Waals surface area contributed by atoms with Gasteiger partial charge in [0.25, 0.3) is 11.8 Å². The summed E-state index contributed by atoms with van der Waals surface area (Å²) in [5.74, 6) is 0.430. The molecule has 142 valence electrons. The molecule has 1 fully saturated rings. The molecule has 0 bridgehead atoms. The van der Waals surface area contributed by atoms with E-state index in [2.05, 4.69) is 17.4 Å². The highest BCUT2D eigenvalue weighted by Gasteiger charge is 2.26. The van der Waals surface area contributed by atoms with Crippen LogP contribution in [0.4, 0.5) is 5.69 Å². The second-order valence-electron chi connectivity index (χ2n) is 6.50. The number of amides is 2. The number of carbonyl (C=O) groups excluding carboxylic acids is 2. The minimum absolute atomic E-state index is 0.0469. The molecule has 0 unspecified atom stereocenters. The molecule has 7 heteroatoms. The summed E-state index contributed by atoms with van der Waals surface area (Å²) in [6.45, 7) is 0.661. The predicted molar refractivity (Wildman–Crippen MR) is 115 cm³/mol. The summed E-state index contributed by atoms with van der Waals surface area (Å²) >= 11 is 6.27. The number of hydrogen-bond acceptors (Lipinski definition) is 5. The van der Waals surface area contributed by atoms with E-state index in [9.17, 15) is 9.59 Å². The van der Waals surface area contributed by atoms with Crippen LogP contribution in [0.5, 0.6) is 5.75 Å². The van der Waals surface area contributed by atoms with Crippen LogP contribution in [0.25, 0.3) is 6.08 Å². The molecule has 2 aliphatic heterocycles. The molecule has 0 aliphatic carbocycles. The number of hydrogen-bond donors (Lipinski definition) is 1. The van der Waals surface area contributed by atoms with Crippen LogP contribution in [0.15, 0.2) is 53.4 Å². The van der Waals surface area contributed by atoms with E-state index < -0.39 is 0 Å². The molecule has 0 radical (unpaired) electrons. The number of thiocarbonyl (C=S) groups is 1. The Kier molecular flexibility index (Phi) is 5.45. The number of anilines is 1. The van der Waals surface area contributed by atoms with E-state index in [1.807, 2.05) is 36.4 Å². The van der Waals surface area contributed by atoms with Gasteiger partial charge in [-0.3, -0.25) is 9.59 Å². The first-order valence-electron chi connectivity index (χ1n) is 8.96. The van der Waals surface area contributed by atoms with Crippen LogP contribution in [0.2, 0.25) is 0 Å². The van der Waals surface area contributed by atoms with Gasteiger partial charge in [0.2, 0.25) is 0 Å². The Morgan fingerprint density at radius 2 is 2.00 bits per heavy atom. The third-order valence-corrected chi connectivity index (χ3v) is 5.72. The molecule has 0 saturated carbocycles. The summed E-state index contributed by atoms with van der Waals surface area (Å²) in [4.78, 5) is 26.7. The van der Waals surface area contributed by atoms with E-state index in [4.69, 9.17) is 17.0 Å². The molecule has 1 N–H and O–H groups in total. The maximum absolute atomic E-state index is 12.5. The highest BCUT2D eigenvalue weighted by Crippen LogP contribution is 2.35. The van der Waals surface area contributed by atoms with Gasteiger partial charge in [-0.25, -0.2) is 0 Å². The molecule has 0 atom stereocenters. The molecule has 5 nitrogen and oxygen atoms in total. The van der Waals surface area contributed by atoms with Crippen LogP contribution in [0, 0.1) is 0 Å². The minimum Gasteiger partial charge on any atom is -0.482 e. The van der Waals surface area contributed by atoms with Crippen LogP contribution < -0.4 is 15.0 Å². The Labute approximate surface area is 172 Å². The minimum atomic E-state index is -0.195. The molecule has 2 heterocycles. The van der Waals surface area contributed by atoms with Crippen LogP contribution in [0.1, 0.15) is 17.5 Å². The number of ether oxygens (including phenoxy) is 1. The molecule has 4 rings (SSSR count). The highest BCUT2D eigenvalue weighted by molar-refractivity contribution is 8.26. The zero-order chi connectivity index (χ0) is 19.5. The van der Waals surface area contributed by atoms with Crippen molar-refractivity contribution in [2.24, 2.45) is 0 Å². The molecule has 2 amide bonds. The number of nitrogens with one attached hydrogen (secondary N) is 1. The van der Waals surface area contributed by atoms with Gasteiger partial charge in [-0.15, -0.1) is 0 Å². The first-order chi connectivity index (χ1) is 13.6. The lowest BCUT2D eigenvalue weighted by molar-refractivity contribution is -0.121. The number of carbonyl (C=O) groups is 2. The number of aryl methyl sites for hydroxylation is 1. The summed E-state index contributed by atoms with van der Waals surface area (Å²) < 4.78 is 6.03. The lowest BCUT2D eigenvalue weighted by Crippen LogP contribution is -2.39. The van der Waals surface area contributed by atoms with Crippen LogP contribution in [-0.4, -0.2) is 29.3 Å². The summed E-state index contributed by atoms with van der Waals surface area (Å²) in [6.07, 6.45) is 3.53. The Bertz CT molecular complexity index is 973. The smallest absolute Gasteiger partial charge is 0.265 e. The van der Waals surface area contributed by atoms with Crippen molar-refractivity contribution < 1.29 is 14.3 Å². The van der Waals surface area contributed by atoms with Crippen molar-refractivity contribution in [2.45, 2.75) is 12.8 Å². The lowest BCUT2D eigenvalue weighted by atomic mass is 10.1. The normalized spacial score (nSPS) is 17.5. The maximum Gasteiger partial charge on any atom is 0.265 e. The van der Waals surface area contributed by atoms with Crippen molar-refractivity contribution >= 4 is 51.9 Å². The van der Waals surface area contributed by atoms with E-state index in [0.717, 1.165) is 24.1 Å². The Hall–Kier alpha value is -2.64. The Morgan fingerprint density at radius 1 is 1.18 bits per heavy atom. The van der Waals surface area contributed by atoms with Crippen molar-refractivity contribution in [2.75, 3.05) is 18.1 Å². The fourth-order valence-electron chi connectivity index (χ4n) is 3.21. The van der Waals surface area contributed by atoms with E-state index >= 15 is 0 Å². The van der Waals surface area contributed by atoms with Gasteiger partial charge < -0.3 is 15.0 Å². The number of rotatable bonds is 5. The zero-order valence-corrected chi connectivity index (χ0v) is 16.6. The van der Waals surface area contributed by atoms with Gasteiger partial charge in [-0.2, -0.15) is 0 Å². The van der Waals surface area contributed by atoms with Crippen LogP contribution >= 0.6 is 24.0 Å². The molecule has 2 aliphatic rings. The van der Waals surface area contributed by atoms with Gasteiger partial charge >= 0.3 is 0 Å².